The number of allylic oxidation sites excluding steroid dienone is 3. The molecule has 3 heterocycles. The number of benzene rings is 2. The molecule has 0 aromatic heterocycles. The molecule has 9 atom stereocenters. The Kier molecular flexibility index (Phi) is 25.5. The molecule has 3 aliphatic rings. The number of halogens is 3. The van der Waals surface area contributed by atoms with Crippen LogP contribution in [0.1, 0.15) is 111 Å². The molecule has 4 bridgehead atoms. The number of carbonyl (C=O) groups is 8. The van der Waals surface area contributed by atoms with E-state index in [0.29, 0.717) is 59.0 Å². The van der Waals surface area contributed by atoms with E-state index in [2.05, 4.69) is 63.8 Å². The number of methoxy groups -OCH3 is 2. The number of anilines is 3. The summed E-state index contributed by atoms with van der Waals surface area (Å²) in [6, 6.07) is 5.24. The van der Waals surface area contributed by atoms with Crippen LogP contribution >= 0.6 is 43.5 Å². The number of epoxide rings is 1. The summed E-state index contributed by atoms with van der Waals surface area (Å²) in [5, 5.41) is 29.1. The van der Waals surface area contributed by atoms with Gasteiger partial charge < -0.3 is 65.4 Å². The van der Waals surface area contributed by atoms with Crippen LogP contribution in [0.4, 0.5) is 31.4 Å². The summed E-state index contributed by atoms with van der Waals surface area (Å²) < 4.78 is 35.2. The largest absolute Gasteiger partial charge is 0.495 e. The number of esters is 1. The van der Waals surface area contributed by atoms with Crippen LogP contribution in [0.2, 0.25) is 5.02 Å². The summed E-state index contributed by atoms with van der Waals surface area (Å²) in [5.74, 6) is -3.43. The van der Waals surface area contributed by atoms with Gasteiger partial charge in [0.1, 0.15) is 52.4 Å². The van der Waals surface area contributed by atoms with Crippen molar-refractivity contribution in [2.24, 2.45) is 23.5 Å². The van der Waals surface area contributed by atoms with Gasteiger partial charge in [-0.3, -0.25) is 34.6 Å². The normalized spacial score (nSPS) is 24.2. The number of primary amides is 1. The number of hydrogen-bond donors (Lipinski definition) is 8. The van der Waals surface area contributed by atoms with Gasteiger partial charge in [0.15, 0.2) is 5.72 Å². The van der Waals surface area contributed by atoms with Crippen LogP contribution in [0.25, 0.3) is 0 Å². The Balaban J connectivity index is 1.32. The van der Waals surface area contributed by atoms with Crippen molar-refractivity contribution in [3.63, 3.8) is 0 Å². The molecule has 2 aromatic rings. The quantitative estimate of drug-likeness (QED) is 0.0172. The summed E-state index contributed by atoms with van der Waals surface area (Å²) in [6.45, 7) is 14.3. The molecule has 0 spiro atoms. The minimum Gasteiger partial charge on any atom is -0.495 e. The Morgan fingerprint density at radius 1 is 1.00 bits per heavy atom. The van der Waals surface area contributed by atoms with Gasteiger partial charge in [-0.25, -0.2) is 14.4 Å². The highest BCUT2D eigenvalue weighted by Gasteiger charge is 2.64. The van der Waals surface area contributed by atoms with E-state index in [9.17, 15) is 43.5 Å². The molecule has 9 N–H and O–H groups in total. The Hall–Kier alpha value is -5.99. The Labute approximate surface area is 518 Å². The van der Waals surface area contributed by atoms with E-state index >= 15 is 0 Å². The van der Waals surface area contributed by atoms with Gasteiger partial charge >= 0.3 is 24.2 Å². The lowest BCUT2D eigenvalue weighted by Crippen LogP contribution is -2.63. The van der Waals surface area contributed by atoms with Gasteiger partial charge in [-0.05, 0) is 121 Å². The lowest BCUT2D eigenvalue weighted by molar-refractivity contribution is -0.160. The summed E-state index contributed by atoms with van der Waals surface area (Å²) in [4.78, 5) is 108. The van der Waals surface area contributed by atoms with Crippen LogP contribution in [0.15, 0.2) is 54.1 Å². The second-order valence-electron chi connectivity index (χ2n) is 23.0. The summed E-state index contributed by atoms with van der Waals surface area (Å²) >= 11 is 13.5. The van der Waals surface area contributed by atoms with Gasteiger partial charge in [-0.15, -0.1) is 0 Å². The molecule has 2 fully saturated rings. The number of amides is 8. The number of fused-ring (bicyclic) bond motifs is 5. The number of carbonyl (C=O) groups excluding carboxylic acids is 8. The standard InChI is InChI=1S/C59H83Br2ClN8O15/c1-32(2)49(68-46(71)19-12-13-22-57(6,7)85-53(75)37(30-60)31-61)52(74)66-40(17-15-23-64-54(63)76)51(73)65-38-20-21-39(34(4)25-38)67-55(77)83-45-28-47(72)70(9)41-26-36(27-42(80-10)48(41)62)24-33(3)16-14-18-44(81-11)59(79)29-43(82-56(78)69-59)35(5)50-58(45,8)84-50/h14,16,18,20-21,25-27,32,35,37,40,43-45,49-50,79H,12-13,15,17,19,22-24,28-31H2,1-11H3,(H,65,73)(H,66,74)(H,67,77)(H,68,71)(H,69,78)(H3,63,64,76)/b18-14+,33-16+/t35-,40+,43+,44-,45+,49+,50+,58+,59+/m1/s1. The molecular weight excluding hydrogens is 1260 g/mol. The first-order chi connectivity index (χ1) is 40.0. The highest BCUT2D eigenvalue weighted by Crippen LogP contribution is 2.49. The summed E-state index contributed by atoms with van der Waals surface area (Å²) in [5.41, 5.74) is 4.31. The van der Waals surface area contributed by atoms with Crippen LogP contribution in [-0.4, -0.2) is 145 Å². The molecular formula is C59H83Br2ClN8O15. The molecule has 470 valence electrons. The zero-order valence-electron chi connectivity index (χ0n) is 50.1. The maximum absolute atomic E-state index is 14.5. The number of aryl methyl sites for hydroxylation is 1. The van der Waals surface area contributed by atoms with E-state index in [-0.39, 0.29) is 66.7 Å². The zero-order valence-corrected chi connectivity index (χ0v) is 54.0. The average molecular weight is 1340 g/mol. The van der Waals surface area contributed by atoms with Crippen molar-refractivity contribution >= 4 is 108 Å². The van der Waals surface area contributed by atoms with Crippen molar-refractivity contribution in [3.8, 4) is 5.75 Å². The van der Waals surface area contributed by atoms with E-state index in [1.807, 2.05) is 26.8 Å². The number of urea groups is 1. The molecule has 0 radical (unpaired) electrons. The third-order valence-corrected chi connectivity index (χ3v) is 17.3. The molecule has 2 aromatic carbocycles. The molecule has 0 unspecified atom stereocenters. The second kappa shape index (κ2) is 31.1. The number of aliphatic hydroxyl groups is 1. The molecule has 0 saturated carbocycles. The van der Waals surface area contributed by atoms with E-state index in [1.165, 1.54) is 31.3 Å². The van der Waals surface area contributed by atoms with Crippen molar-refractivity contribution in [2.45, 2.75) is 167 Å². The van der Waals surface area contributed by atoms with E-state index < -0.39 is 102 Å². The van der Waals surface area contributed by atoms with Crippen molar-refractivity contribution in [1.82, 2.24) is 21.3 Å². The fourth-order valence-corrected chi connectivity index (χ4v) is 12.1. The van der Waals surface area contributed by atoms with Gasteiger partial charge in [0.05, 0.1) is 31.2 Å². The molecule has 23 nitrogen and oxygen atoms in total. The number of nitrogens with zero attached hydrogens (tertiary/aromatic N) is 1. The molecule has 8 amide bonds. The van der Waals surface area contributed by atoms with E-state index in [1.54, 1.807) is 72.0 Å². The predicted octanol–water partition coefficient (Wildman–Crippen LogP) is 7.98. The number of unbranched alkanes of at least 4 members (excludes halogenated alkanes) is 1. The molecule has 2 saturated heterocycles. The fraction of sp³-hybridized carbons (Fsp3) is 0.593. The van der Waals surface area contributed by atoms with Crippen molar-refractivity contribution < 1.29 is 71.9 Å². The predicted molar refractivity (Wildman–Crippen MR) is 328 cm³/mol. The first kappa shape index (κ1) is 69.8. The number of nitrogens with one attached hydrogen (secondary N) is 6. The van der Waals surface area contributed by atoms with E-state index in [0.717, 1.165) is 11.1 Å². The number of rotatable bonds is 23. The minimum absolute atomic E-state index is 0.0667. The maximum atomic E-state index is 14.5. The first-order valence-electron chi connectivity index (χ1n) is 28.2. The Morgan fingerprint density at radius 3 is 2.34 bits per heavy atom. The molecule has 85 heavy (non-hydrogen) atoms. The lowest BCUT2D eigenvalue weighted by Gasteiger charge is -2.42. The van der Waals surface area contributed by atoms with Crippen molar-refractivity contribution in [3.05, 3.63) is 70.3 Å². The van der Waals surface area contributed by atoms with Gasteiger partial charge in [0, 0.05) is 61.5 Å². The van der Waals surface area contributed by atoms with Crippen LogP contribution in [0, 0.1) is 24.7 Å². The van der Waals surface area contributed by atoms with Crippen molar-refractivity contribution in [2.75, 3.05) is 54.0 Å². The molecule has 26 heteroatoms. The molecule has 3 aliphatic heterocycles. The van der Waals surface area contributed by atoms with E-state index in [4.69, 9.17) is 45.8 Å². The van der Waals surface area contributed by atoms with Crippen molar-refractivity contribution in [1.29, 1.82) is 0 Å². The fourth-order valence-electron chi connectivity index (χ4n) is 10.2. The van der Waals surface area contributed by atoms with Gasteiger partial charge in [0.2, 0.25) is 23.6 Å². The third-order valence-electron chi connectivity index (χ3n) is 15.3. The Morgan fingerprint density at radius 2 is 1.71 bits per heavy atom. The summed E-state index contributed by atoms with van der Waals surface area (Å²) in [7, 11) is 4.41. The Bertz CT molecular complexity index is 2820. The monoisotopic (exact) mass is 1340 g/mol. The van der Waals surface area contributed by atoms with Gasteiger partial charge in [-0.1, -0.05) is 88.0 Å². The van der Waals surface area contributed by atoms with Crippen LogP contribution in [0.3, 0.4) is 0 Å². The second-order valence-corrected chi connectivity index (χ2v) is 24.7. The number of alkyl halides is 2. The first-order valence-corrected chi connectivity index (χ1v) is 30.9. The van der Waals surface area contributed by atoms with Crippen LogP contribution in [-0.2, 0) is 54.1 Å². The summed E-state index contributed by atoms with van der Waals surface area (Å²) in [6.07, 6.45) is 1.24. The van der Waals surface area contributed by atoms with Gasteiger partial charge in [0.25, 0.3) is 0 Å². The highest BCUT2D eigenvalue weighted by atomic mass is 79.9. The number of alkyl carbamates (subject to hydrolysis) is 1. The number of hydrogen-bond acceptors (Lipinski definition) is 15. The van der Waals surface area contributed by atoms with Gasteiger partial charge in [-0.2, -0.15) is 0 Å². The minimum atomic E-state index is -1.90. The third kappa shape index (κ3) is 19.5. The average Bonchev–Trinajstić information content (AvgIpc) is 1.65. The molecule has 0 aliphatic carbocycles. The maximum Gasteiger partial charge on any atom is 0.412 e. The smallest absolute Gasteiger partial charge is 0.412 e. The SMILES string of the molecule is COc1cc2cc(c1Cl)N(C)C(=O)C[C@H](OC(=O)Nc1ccc(NC(=O)[C@H](CCCNC(N)=O)NC(=O)[C@@H](NC(=O)CCCCC(C)(C)OC(=O)C(CBr)CBr)C(C)C)cc1C)[C@]1(C)O[C@H]1[C@H](C)[C@@H]1C[C@@](O)(NC(=O)O1)[C@H](OC)/C=C/C=C(\C)C2. The highest BCUT2D eigenvalue weighted by molar-refractivity contribution is 9.09. The molecule has 5 rings (SSSR count). The lowest BCUT2D eigenvalue weighted by atomic mass is 9.83. The van der Waals surface area contributed by atoms with Crippen LogP contribution < -0.4 is 47.3 Å². The van der Waals surface area contributed by atoms with Crippen LogP contribution in [0.5, 0.6) is 5.75 Å². The topological polar surface area (TPSA) is 317 Å². The zero-order chi connectivity index (χ0) is 63.1. The number of nitrogens with two attached hydrogens (primary N) is 1. The number of ether oxygens (including phenoxy) is 6.